The van der Waals surface area contributed by atoms with Gasteiger partial charge in [-0.1, -0.05) is 52.4 Å². The zero-order valence-corrected chi connectivity index (χ0v) is 13.4. The van der Waals surface area contributed by atoms with E-state index in [-0.39, 0.29) is 6.42 Å². The Morgan fingerprint density at radius 3 is 1.95 bits per heavy atom. The number of aliphatic carboxylic acids is 2. The van der Waals surface area contributed by atoms with Gasteiger partial charge in [0.15, 0.2) is 5.60 Å². The van der Waals surface area contributed by atoms with Crippen LogP contribution < -0.4 is 0 Å². The van der Waals surface area contributed by atoms with Crippen LogP contribution in [0.3, 0.4) is 0 Å². The van der Waals surface area contributed by atoms with Crippen molar-refractivity contribution < 1.29 is 24.5 Å². The second-order valence-corrected chi connectivity index (χ2v) is 5.59. The summed E-state index contributed by atoms with van der Waals surface area (Å²) in [6, 6.07) is 0. The van der Waals surface area contributed by atoms with Crippen LogP contribution in [0.25, 0.3) is 0 Å². The van der Waals surface area contributed by atoms with Gasteiger partial charge in [0.05, 0.1) is 6.42 Å². The summed E-state index contributed by atoms with van der Waals surface area (Å²) in [5.41, 5.74) is -1.56. The van der Waals surface area contributed by atoms with Crippen molar-refractivity contribution in [2.75, 3.05) is 6.61 Å². The lowest BCUT2D eigenvalue weighted by Gasteiger charge is -2.28. The van der Waals surface area contributed by atoms with Gasteiger partial charge in [-0.3, -0.25) is 4.79 Å². The third kappa shape index (κ3) is 8.71. The van der Waals surface area contributed by atoms with Crippen LogP contribution in [-0.4, -0.2) is 34.4 Å². The highest BCUT2D eigenvalue weighted by atomic mass is 16.5. The molecule has 5 heteroatoms. The molecule has 0 bridgehead atoms. The van der Waals surface area contributed by atoms with Crippen LogP contribution in [-0.2, 0) is 14.3 Å². The molecule has 0 saturated heterocycles. The monoisotopic (exact) mass is 302 g/mol. The van der Waals surface area contributed by atoms with Crippen LogP contribution in [0.5, 0.6) is 0 Å². The Bertz CT molecular complexity index is 303. The van der Waals surface area contributed by atoms with Crippen LogP contribution in [0.1, 0.15) is 78.1 Å². The zero-order chi connectivity index (χ0) is 16.1. The minimum Gasteiger partial charge on any atom is -0.481 e. The Kier molecular flexibility index (Phi) is 10.9. The molecule has 0 aliphatic carbocycles. The maximum absolute atomic E-state index is 11.6. The summed E-state index contributed by atoms with van der Waals surface area (Å²) in [6.07, 6.45) is 7.40. The number of carboxylic acids is 2. The first-order chi connectivity index (χ1) is 9.98. The molecule has 0 aromatic heterocycles. The van der Waals surface area contributed by atoms with E-state index >= 15 is 0 Å². The molecular formula is C16H30O5. The number of hydrogen-bond acceptors (Lipinski definition) is 3. The molecule has 0 spiro atoms. The lowest BCUT2D eigenvalue weighted by atomic mass is 9.92. The Labute approximate surface area is 127 Å². The number of unbranched alkanes of at least 4 members (excludes halogenated alkanes) is 6. The smallest absolute Gasteiger partial charge is 0.336 e. The van der Waals surface area contributed by atoms with Crippen molar-refractivity contribution in [1.82, 2.24) is 0 Å². The minimum absolute atomic E-state index is 0.266. The van der Waals surface area contributed by atoms with E-state index in [9.17, 15) is 14.7 Å². The van der Waals surface area contributed by atoms with E-state index in [1.54, 1.807) is 0 Å². The summed E-state index contributed by atoms with van der Waals surface area (Å²) in [6.45, 7) is 4.49. The molecule has 124 valence electrons. The zero-order valence-electron chi connectivity index (χ0n) is 13.4. The van der Waals surface area contributed by atoms with Crippen molar-refractivity contribution in [3.05, 3.63) is 0 Å². The van der Waals surface area contributed by atoms with Crippen molar-refractivity contribution in [2.24, 2.45) is 0 Å². The highest BCUT2D eigenvalue weighted by Crippen LogP contribution is 2.25. The molecule has 1 unspecified atom stereocenters. The SMILES string of the molecule is CCCCCCOC(CCCCCC)(CC(=O)O)C(=O)O. The summed E-state index contributed by atoms with van der Waals surface area (Å²) in [5.74, 6) is -2.28. The van der Waals surface area contributed by atoms with Gasteiger partial charge in [-0.2, -0.15) is 0 Å². The molecule has 0 radical (unpaired) electrons. The fourth-order valence-corrected chi connectivity index (χ4v) is 2.33. The number of hydrogen-bond donors (Lipinski definition) is 2. The predicted molar refractivity (Wildman–Crippen MR) is 81.5 cm³/mol. The molecule has 0 fully saturated rings. The predicted octanol–water partition coefficient (Wildman–Crippen LogP) is 3.85. The normalized spacial score (nSPS) is 13.8. The Morgan fingerprint density at radius 1 is 0.905 bits per heavy atom. The lowest BCUT2D eigenvalue weighted by molar-refractivity contribution is -0.174. The highest BCUT2D eigenvalue weighted by Gasteiger charge is 2.41. The summed E-state index contributed by atoms with van der Waals surface area (Å²) < 4.78 is 5.55. The van der Waals surface area contributed by atoms with E-state index in [2.05, 4.69) is 13.8 Å². The van der Waals surface area contributed by atoms with E-state index in [4.69, 9.17) is 9.84 Å². The summed E-state index contributed by atoms with van der Waals surface area (Å²) in [7, 11) is 0. The average molecular weight is 302 g/mol. The average Bonchev–Trinajstić information content (AvgIpc) is 2.42. The van der Waals surface area contributed by atoms with Crippen molar-refractivity contribution in [1.29, 1.82) is 0 Å². The number of carboxylic acid groups (broad SMARTS) is 2. The quantitative estimate of drug-likeness (QED) is 0.476. The van der Waals surface area contributed by atoms with E-state index in [1.807, 2.05) is 0 Å². The molecule has 0 saturated carbocycles. The second-order valence-electron chi connectivity index (χ2n) is 5.59. The fourth-order valence-electron chi connectivity index (χ4n) is 2.33. The largest absolute Gasteiger partial charge is 0.481 e. The maximum Gasteiger partial charge on any atom is 0.336 e. The third-order valence-electron chi connectivity index (χ3n) is 3.64. The maximum atomic E-state index is 11.6. The third-order valence-corrected chi connectivity index (χ3v) is 3.64. The van der Waals surface area contributed by atoms with E-state index in [0.29, 0.717) is 13.0 Å². The van der Waals surface area contributed by atoms with Crippen LogP contribution in [0.4, 0.5) is 0 Å². The molecule has 0 amide bonds. The van der Waals surface area contributed by atoms with Gasteiger partial charge < -0.3 is 14.9 Å². The highest BCUT2D eigenvalue weighted by molar-refractivity contribution is 5.83. The van der Waals surface area contributed by atoms with Crippen molar-refractivity contribution in [3.63, 3.8) is 0 Å². The van der Waals surface area contributed by atoms with Gasteiger partial charge in [0.25, 0.3) is 0 Å². The molecule has 0 rings (SSSR count). The van der Waals surface area contributed by atoms with Crippen molar-refractivity contribution in [3.8, 4) is 0 Å². The first-order valence-electron chi connectivity index (χ1n) is 8.07. The van der Waals surface area contributed by atoms with Gasteiger partial charge in [-0.25, -0.2) is 4.79 Å². The fraction of sp³-hybridized carbons (Fsp3) is 0.875. The number of ether oxygens (including phenoxy) is 1. The Morgan fingerprint density at radius 2 is 1.48 bits per heavy atom. The van der Waals surface area contributed by atoms with Gasteiger partial charge in [-0.15, -0.1) is 0 Å². The number of carbonyl (C=O) groups is 2. The number of rotatable bonds is 14. The molecule has 1 atom stereocenters. The summed E-state index contributed by atoms with van der Waals surface area (Å²) >= 11 is 0. The second kappa shape index (κ2) is 11.5. The molecule has 0 heterocycles. The molecule has 0 aromatic carbocycles. The summed E-state index contributed by atoms with van der Waals surface area (Å²) in [5, 5.41) is 18.4. The van der Waals surface area contributed by atoms with Crippen LogP contribution >= 0.6 is 0 Å². The summed E-state index contributed by atoms with van der Waals surface area (Å²) in [4.78, 5) is 22.6. The molecule has 0 aliphatic heterocycles. The van der Waals surface area contributed by atoms with E-state index in [0.717, 1.165) is 44.9 Å². The Hall–Kier alpha value is -1.10. The van der Waals surface area contributed by atoms with Gasteiger partial charge in [0.1, 0.15) is 0 Å². The molecule has 0 aliphatic rings. The van der Waals surface area contributed by atoms with Crippen LogP contribution in [0, 0.1) is 0 Å². The standard InChI is InChI=1S/C16H30O5/c1-3-5-7-9-11-16(15(19)20,13-14(17)18)21-12-10-8-6-4-2/h3-13H2,1-2H3,(H,17,18)(H,19,20). The first-order valence-corrected chi connectivity index (χ1v) is 8.07. The van der Waals surface area contributed by atoms with Crippen LogP contribution in [0.2, 0.25) is 0 Å². The van der Waals surface area contributed by atoms with E-state index < -0.39 is 24.0 Å². The van der Waals surface area contributed by atoms with Gasteiger partial charge in [-0.05, 0) is 19.3 Å². The van der Waals surface area contributed by atoms with Crippen molar-refractivity contribution >= 4 is 11.9 Å². The van der Waals surface area contributed by atoms with Gasteiger partial charge in [0.2, 0.25) is 0 Å². The molecule has 5 nitrogen and oxygen atoms in total. The Balaban J connectivity index is 4.53. The molecule has 2 N–H and O–H groups in total. The minimum atomic E-state index is -1.56. The first kappa shape index (κ1) is 19.9. The molecule has 0 aromatic rings. The van der Waals surface area contributed by atoms with Gasteiger partial charge in [0, 0.05) is 6.61 Å². The topological polar surface area (TPSA) is 83.8 Å². The van der Waals surface area contributed by atoms with Gasteiger partial charge >= 0.3 is 11.9 Å². The van der Waals surface area contributed by atoms with Crippen molar-refractivity contribution in [2.45, 2.75) is 83.7 Å². The molecular weight excluding hydrogens is 272 g/mol. The molecule has 21 heavy (non-hydrogen) atoms. The van der Waals surface area contributed by atoms with Crippen LogP contribution in [0.15, 0.2) is 0 Å². The lowest BCUT2D eigenvalue weighted by Crippen LogP contribution is -2.44. The van der Waals surface area contributed by atoms with E-state index in [1.165, 1.54) is 0 Å².